The highest BCUT2D eigenvalue weighted by Crippen LogP contribution is 2.40. The second kappa shape index (κ2) is 5.92. The van der Waals surface area contributed by atoms with E-state index in [0.29, 0.717) is 36.5 Å². The third-order valence-corrected chi connectivity index (χ3v) is 3.87. The summed E-state index contributed by atoms with van der Waals surface area (Å²) in [6, 6.07) is 5.95. The second-order valence-electron chi connectivity index (χ2n) is 5.63. The van der Waals surface area contributed by atoms with Crippen LogP contribution in [-0.4, -0.2) is 38.6 Å². The van der Waals surface area contributed by atoms with Crippen LogP contribution in [0.5, 0.6) is 0 Å². The second-order valence-corrected chi connectivity index (χ2v) is 5.63. The van der Waals surface area contributed by atoms with Crippen molar-refractivity contribution in [3.05, 3.63) is 36.2 Å². The number of nitrogens with zero attached hydrogens (tertiary/aromatic N) is 5. The SMILES string of the molecule is COCCn1ccc(-c2nc(-c3cc(C4CC4)ccn3)no2)n1. The molecule has 0 bridgehead atoms. The molecule has 3 heterocycles. The van der Waals surface area contributed by atoms with E-state index < -0.39 is 0 Å². The average Bonchev–Trinajstić information content (AvgIpc) is 3.13. The summed E-state index contributed by atoms with van der Waals surface area (Å²) >= 11 is 0. The molecule has 1 fully saturated rings. The summed E-state index contributed by atoms with van der Waals surface area (Å²) in [5, 5.41) is 8.43. The van der Waals surface area contributed by atoms with Crippen molar-refractivity contribution in [2.45, 2.75) is 25.3 Å². The predicted octanol–water partition coefficient (Wildman–Crippen LogP) is 2.52. The molecule has 0 aliphatic heterocycles. The van der Waals surface area contributed by atoms with E-state index in [4.69, 9.17) is 9.26 Å². The van der Waals surface area contributed by atoms with Crippen molar-refractivity contribution in [2.75, 3.05) is 13.7 Å². The molecule has 3 aromatic rings. The highest BCUT2D eigenvalue weighted by molar-refractivity contribution is 5.54. The van der Waals surface area contributed by atoms with E-state index in [2.05, 4.69) is 26.3 Å². The molecule has 4 rings (SSSR count). The molecule has 1 saturated carbocycles. The molecule has 118 valence electrons. The standard InChI is InChI=1S/C16H17N5O2/c1-22-9-8-21-7-5-13(19-21)16-18-15(20-23-16)14-10-12(4-6-17-14)11-2-3-11/h4-7,10-11H,2-3,8-9H2,1H3. The number of hydrogen-bond donors (Lipinski definition) is 0. The first kappa shape index (κ1) is 14.1. The number of pyridine rings is 1. The molecule has 0 radical (unpaired) electrons. The van der Waals surface area contributed by atoms with Crippen LogP contribution >= 0.6 is 0 Å². The third-order valence-electron chi connectivity index (χ3n) is 3.87. The van der Waals surface area contributed by atoms with Gasteiger partial charge >= 0.3 is 0 Å². The van der Waals surface area contributed by atoms with Gasteiger partial charge in [-0.1, -0.05) is 5.16 Å². The van der Waals surface area contributed by atoms with Gasteiger partial charge in [0.25, 0.3) is 5.89 Å². The summed E-state index contributed by atoms with van der Waals surface area (Å²) in [5.41, 5.74) is 2.69. The molecular weight excluding hydrogens is 294 g/mol. The van der Waals surface area contributed by atoms with Gasteiger partial charge in [0, 0.05) is 19.5 Å². The first-order valence-corrected chi connectivity index (χ1v) is 7.66. The van der Waals surface area contributed by atoms with Gasteiger partial charge in [0.15, 0.2) is 5.69 Å². The molecule has 1 aliphatic rings. The summed E-state index contributed by atoms with van der Waals surface area (Å²) in [5.74, 6) is 1.56. The van der Waals surface area contributed by atoms with E-state index in [1.54, 1.807) is 18.0 Å². The average molecular weight is 311 g/mol. The van der Waals surface area contributed by atoms with Crippen LogP contribution in [0.1, 0.15) is 24.3 Å². The van der Waals surface area contributed by atoms with E-state index in [1.165, 1.54) is 18.4 Å². The number of hydrogen-bond acceptors (Lipinski definition) is 6. The van der Waals surface area contributed by atoms with Crippen LogP contribution in [-0.2, 0) is 11.3 Å². The normalized spacial score (nSPS) is 14.3. The molecule has 0 spiro atoms. The maximum Gasteiger partial charge on any atom is 0.278 e. The predicted molar refractivity (Wildman–Crippen MR) is 82.6 cm³/mol. The van der Waals surface area contributed by atoms with Crippen LogP contribution in [0.25, 0.3) is 23.1 Å². The van der Waals surface area contributed by atoms with Crippen LogP contribution in [0.4, 0.5) is 0 Å². The van der Waals surface area contributed by atoms with E-state index >= 15 is 0 Å². The minimum absolute atomic E-state index is 0.398. The van der Waals surface area contributed by atoms with Crippen molar-refractivity contribution in [1.29, 1.82) is 0 Å². The highest BCUT2D eigenvalue weighted by Gasteiger charge is 2.24. The fraction of sp³-hybridized carbons (Fsp3) is 0.375. The maximum atomic E-state index is 5.33. The molecular formula is C16H17N5O2. The lowest BCUT2D eigenvalue weighted by atomic mass is 10.1. The maximum absolute atomic E-state index is 5.33. The van der Waals surface area contributed by atoms with E-state index in [-0.39, 0.29) is 0 Å². The fourth-order valence-corrected chi connectivity index (χ4v) is 2.46. The van der Waals surface area contributed by atoms with Crippen LogP contribution in [0.15, 0.2) is 35.1 Å². The van der Waals surface area contributed by atoms with Crippen LogP contribution in [0, 0.1) is 0 Å². The number of aromatic nitrogens is 5. The Hall–Kier alpha value is -2.54. The number of ether oxygens (including phenoxy) is 1. The quantitative estimate of drug-likeness (QED) is 0.696. The Morgan fingerprint density at radius 1 is 1.30 bits per heavy atom. The van der Waals surface area contributed by atoms with Gasteiger partial charge in [0.1, 0.15) is 5.69 Å². The molecule has 23 heavy (non-hydrogen) atoms. The Morgan fingerprint density at radius 2 is 2.22 bits per heavy atom. The molecule has 7 heteroatoms. The molecule has 7 nitrogen and oxygen atoms in total. The molecule has 0 N–H and O–H groups in total. The molecule has 0 atom stereocenters. The number of rotatable bonds is 6. The van der Waals surface area contributed by atoms with Crippen molar-refractivity contribution in [1.82, 2.24) is 24.9 Å². The van der Waals surface area contributed by atoms with Gasteiger partial charge in [-0.15, -0.1) is 0 Å². The smallest absolute Gasteiger partial charge is 0.278 e. The Kier molecular flexibility index (Phi) is 3.63. The Morgan fingerprint density at radius 3 is 3.04 bits per heavy atom. The molecule has 1 aliphatic carbocycles. The topological polar surface area (TPSA) is 78.9 Å². The highest BCUT2D eigenvalue weighted by atomic mass is 16.5. The lowest BCUT2D eigenvalue weighted by Gasteiger charge is -1.98. The van der Waals surface area contributed by atoms with Gasteiger partial charge < -0.3 is 9.26 Å². The molecule has 0 aromatic carbocycles. The van der Waals surface area contributed by atoms with Gasteiger partial charge in [-0.25, -0.2) is 0 Å². The molecule has 0 unspecified atom stereocenters. The summed E-state index contributed by atoms with van der Waals surface area (Å²) in [6.45, 7) is 1.29. The van der Waals surface area contributed by atoms with Crippen molar-refractivity contribution < 1.29 is 9.26 Å². The zero-order chi connectivity index (χ0) is 15.6. The summed E-state index contributed by atoms with van der Waals surface area (Å²) < 4.78 is 12.2. The van der Waals surface area contributed by atoms with Gasteiger partial charge in [0.2, 0.25) is 5.82 Å². The number of methoxy groups -OCH3 is 1. The Balaban J connectivity index is 1.56. The fourth-order valence-electron chi connectivity index (χ4n) is 2.46. The van der Waals surface area contributed by atoms with Gasteiger partial charge in [-0.3, -0.25) is 9.67 Å². The molecule has 0 saturated heterocycles. The lowest BCUT2D eigenvalue weighted by Crippen LogP contribution is -2.04. The first-order valence-electron chi connectivity index (χ1n) is 7.66. The van der Waals surface area contributed by atoms with Gasteiger partial charge in [0.05, 0.1) is 13.2 Å². The zero-order valence-corrected chi connectivity index (χ0v) is 12.8. The van der Waals surface area contributed by atoms with Crippen LogP contribution in [0.2, 0.25) is 0 Å². The van der Waals surface area contributed by atoms with E-state index in [9.17, 15) is 0 Å². The van der Waals surface area contributed by atoms with Crippen molar-refractivity contribution in [3.8, 4) is 23.1 Å². The van der Waals surface area contributed by atoms with Crippen LogP contribution in [0.3, 0.4) is 0 Å². The van der Waals surface area contributed by atoms with Crippen molar-refractivity contribution in [2.24, 2.45) is 0 Å². The van der Waals surface area contributed by atoms with Gasteiger partial charge in [-0.05, 0) is 42.5 Å². The third kappa shape index (κ3) is 3.00. The molecule has 3 aromatic heterocycles. The largest absolute Gasteiger partial charge is 0.383 e. The Bertz CT molecular complexity index is 806. The molecule has 0 amide bonds. The van der Waals surface area contributed by atoms with E-state index in [1.807, 2.05) is 18.3 Å². The summed E-state index contributed by atoms with van der Waals surface area (Å²) in [4.78, 5) is 8.76. The summed E-state index contributed by atoms with van der Waals surface area (Å²) in [7, 11) is 1.66. The lowest BCUT2D eigenvalue weighted by molar-refractivity contribution is 0.183. The summed E-state index contributed by atoms with van der Waals surface area (Å²) in [6.07, 6.45) is 6.17. The minimum atomic E-state index is 0.398. The Labute approximate surface area is 133 Å². The van der Waals surface area contributed by atoms with Crippen LogP contribution < -0.4 is 0 Å². The van der Waals surface area contributed by atoms with Crippen molar-refractivity contribution in [3.63, 3.8) is 0 Å². The van der Waals surface area contributed by atoms with E-state index in [0.717, 1.165) is 5.69 Å². The van der Waals surface area contributed by atoms with Crippen molar-refractivity contribution >= 4 is 0 Å². The first-order chi connectivity index (χ1) is 11.3. The monoisotopic (exact) mass is 311 g/mol. The minimum Gasteiger partial charge on any atom is -0.383 e. The zero-order valence-electron chi connectivity index (χ0n) is 12.8. The van der Waals surface area contributed by atoms with Gasteiger partial charge in [-0.2, -0.15) is 10.1 Å².